The summed E-state index contributed by atoms with van der Waals surface area (Å²) in [5.74, 6) is 2.03. The lowest BCUT2D eigenvalue weighted by molar-refractivity contribution is -0.128. The number of aryl methyl sites for hydroxylation is 1. The number of anilines is 1. The molecule has 2 aromatic carbocycles. The SMILES string of the molecule is CCc1ccc(O[C@@H](C)c2nnc(SCC(=O)N3CCN(c4ccccc4)CC3)n2C)cc1. The molecule has 1 aliphatic rings. The van der Waals surface area contributed by atoms with Crippen LogP contribution in [0.15, 0.2) is 59.8 Å². The summed E-state index contributed by atoms with van der Waals surface area (Å²) < 4.78 is 7.96. The first kappa shape index (κ1) is 23.2. The van der Waals surface area contributed by atoms with E-state index in [4.69, 9.17) is 4.74 Å². The number of benzene rings is 2. The molecule has 1 aliphatic heterocycles. The monoisotopic (exact) mass is 465 g/mol. The van der Waals surface area contributed by atoms with Crippen molar-refractivity contribution in [2.24, 2.45) is 7.05 Å². The summed E-state index contributed by atoms with van der Waals surface area (Å²) in [7, 11) is 1.92. The minimum Gasteiger partial charge on any atom is -0.483 e. The second-order valence-electron chi connectivity index (χ2n) is 8.15. The summed E-state index contributed by atoms with van der Waals surface area (Å²) in [6, 6.07) is 18.5. The molecule has 1 amide bonds. The highest BCUT2D eigenvalue weighted by molar-refractivity contribution is 7.99. The van der Waals surface area contributed by atoms with Crippen molar-refractivity contribution in [3.05, 3.63) is 66.0 Å². The van der Waals surface area contributed by atoms with Crippen molar-refractivity contribution in [1.29, 1.82) is 0 Å². The molecular weight excluding hydrogens is 434 g/mol. The summed E-state index contributed by atoms with van der Waals surface area (Å²) in [6.07, 6.45) is 0.757. The van der Waals surface area contributed by atoms with E-state index in [0.29, 0.717) is 5.75 Å². The standard InChI is InChI=1S/C25H31N5O2S/c1-4-20-10-12-22(13-11-20)32-19(2)24-26-27-25(28(24)3)33-18-23(31)30-16-14-29(15-17-30)21-8-6-5-7-9-21/h5-13,19H,4,14-18H2,1-3H3/t19-/m0/s1. The van der Waals surface area contributed by atoms with Crippen molar-refractivity contribution in [2.45, 2.75) is 31.5 Å². The highest BCUT2D eigenvalue weighted by atomic mass is 32.2. The number of rotatable bonds is 8. The molecule has 33 heavy (non-hydrogen) atoms. The Labute approximate surface area is 199 Å². The van der Waals surface area contributed by atoms with Gasteiger partial charge in [-0.05, 0) is 43.2 Å². The molecule has 2 heterocycles. The van der Waals surface area contributed by atoms with Crippen LogP contribution in [0.4, 0.5) is 5.69 Å². The van der Waals surface area contributed by atoms with Gasteiger partial charge in [0.1, 0.15) is 5.75 Å². The first-order valence-electron chi connectivity index (χ1n) is 11.4. The van der Waals surface area contributed by atoms with Crippen LogP contribution in [-0.2, 0) is 18.3 Å². The Kier molecular flexibility index (Phi) is 7.54. The van der Waals surface area contributed by atoms with Gasteiger partial charge in [0.2, 0.25) is 5.91 Å². The van der Waals surface area contributed by atoms with Gasteiger partial charge in [-0.15, -0.1) is 10.2 Å². The molecule has 1 atom stereocenters. The summed E-state index contributed by atoms with van der Waals surface area (Å²) in [5, 5.41) is 9.33. The third kappa shape index (κ3) is 5.68. The van der Waals surface area contributed by atoms with Gasteiger partial charge in [-0.2, -0.15) is 0 Å². The Morgan fingerprint density at radius 1 is 1.03 bits per heavy atom. The Hall–Kier alpha value is -3.00. The van der Waals surface area contributed by atoms with E-state index in [9.17, 15) is 4.79 Å². The topological polar surface area (TPSA) is 63.5 Å². The lowest BCUT2D eigenvalue weighted by Gasteiger charge is -2.36. The zero-order valence-electron chi connectivity index (χ0n) is 19.5. The van der Waals surface area contributed by atoms with Gasteiger partial charge in [0, 0.05) is 38.9 Å². The number of nitrogens with zero attached hydrogens (tertiary/aromatic N) is 5. The maximum atomic E-state index is 12.8. The molecule has 174 valence electrons. The first-order chi connectivity index (χ1) is 16.0. The lowest BCUT2D eigenvalue weighted by atomic mass is 10.2. The van der Waals surface area contributed by atoms with Gasteiger partial charge in [0.25, 0.3) is 0 Å². The number of para-hydroxylation sites is 1. The molecule has 1 aromatic heterocycles. The van der Waals surface area contributed by atoms with Crippen molar-refractivity contribution < 1.29 is 9.53 Å². The van der Waals surface area contributed by atoms with Gasteiger partial charge in [0.15, 0.2) is 17.1 Å². The average Bonchev–Trinajstić information content (AvgIpc) is 3.24. The van der Waals surface area contributed by atoms with Crippen molar-refractivity contribution in [1.82, 2.24) is 19.7 Å². The third-order valence-electron chi connectivity index (χ3n) is 5.96. The number of carbonyl (C=O) groups excluding carboxylic acids is 1. The molecule has 0 saturated carbocycles. The highest BCUT2D eigenvalue weighted by Crippen LogP contribution is 2.24. The van der Waals surface area contributed by atoms with E-state index in [1.54, 1.807) is 0 Å². The van der Waals surface area contributed by atoms with E-state index in [2.05, 4.69) is 46.3 Å². The van der Waals surface area contributed by atoms with Crippen LogP contribution >= 0.6 is 11.8 Å². The maximum absolute atomic E-state index is 12.8. The summed E-state index contributed by atoms with van der Waals surface area (Å²) in [4.78, 5) is 17.0. The number of carbonyl (C=O) groups is 1. The second-order valence-corrected chi connectivity index (χ2v) is 9.09. The number of aromatic nitrogens is 3. The summed E-state index contributed by atoms with van der Waals surface area (Å²) >= 11 is 1.42. The van der Waals surface area contributed by atoms with Crippen LogP contribution in [0.5, 0.6) is 5.75 Å². The Morgan fingerprint density at radius 2 is 1.73 bits per heavy atom. The van der Waals surface area contributed by atoms with Crippen LogP contribution in [0.2, 0.25) is 0 Å². The lowest BCUT2D eigenvalue weighted by Crippen LogP contribution is -2.49. The molecule has 0 N–H and O–H groups in total. The van der Waals surface area contributed by atoms with E-state index in [1.165, 1.54) is 23.0 Å². The summed E-state index contributed by atoms with van der Waals surface area (Å²) in [5.41, 5.74) is 2.49. The van der Waals surface area contributed by atoms with Crippen molar-refractivity contribution in [3.63, 3.8) is 0 Å². The molecule has 8 heteroatoms. The second kappa shape index (κ2) is 10.7. The Morgan fingerprint density at radius 3 is 2.39 bits per heavy atom. The molecular formula is C25H31N5O2S. The van der Waals surface area contributed by atoms with Gasteiger partial charge in [0.05, 0.1) is 5.75 Å². The normalized spacial score (nSPS) is 14.9. The zero-order chi connectivity index (χ0) is 23.2. The van der Waals surface area contributed by atoms with Crippen LogP contribution in [0.1, 0.15) is 31.3 Å². The Balaban J connectivity index is 1.28. The number of hydrogen-bond donors (Lipinski definition) is 0. The molecule has 0 aliphatic carbocycles. The molecule has 1 fully saturated rings. The van der Waals surface area contributed by atoms with Crippen LogP contribution in [-0.4, -0.2) is 57.5 Å². The predicted octanol–water partition coefficient (Wildman–Crippen LogP) is 3.96. The van der Waals surface area contributed by atoms with Crippen LogP contribution in [0.25, 0.3) is 0 Å². The predicted molar refractivity (Wildman–Crippen MR) is 132 cm³/mol. The van der Waals surface area contributed by atoms with E-state index in [-0.39, 0.29) is 12.0 Å². The molecule has 0 spiro atoms. The Bertz CT molecular complexity index is 1050. The number of piperazine rings is 1. The molecule has 0 bridgehead atoms. The minimum atomic E-state index is -0.244. The van der Waals surface area contributed by atoms with Crippen LogP contribution in [0.3, 0.4) is 0 Å². The van der Waals surface area contributed by atoms with Crippen molar-refractivity contribution in [2.75, 3.05) is 36.8 Å². The highest BCUT2D eigenvalue weighted by Gasteiger charge is 2.23. The van der Waals surface area contributed by atoms with Crippen LogP contribution < -0.4 is 9.64 Å². The maximum Gasteiger partial charge on any atom is 0.233 e. The fraction of sp³-hybridized carbons (Fsp3) is 0.400. The smallest absolute Gasteiger partial charge is 0.233 e. The fourth-order valence-electron chi connectivity index (χ4n) is 3.94. The quantitative estimate of drug-likeness (QED) is 0.469. The fourth-order valence-corrected chi connectivity index (χ4v) is 4.76. The van der Waals surface area contributed by atoms with Crippen LogP contribution in [0, 0.1) is 0 Å². The van der Waals surface area contributed by atoms with Crippen molar-refractivity contribution >= 4 is 23.4 Å². The minimum absolute atomic E-state index is 0.137. The van der Waals surface area contributed by atoms with Gasteiger partial charge < -0.3 is 19.1 Å². The molecule has 3 aromatic rings. The van der Waals surface area contributed by atoms with E-state index in [0.717, 1.165) is 49.3 Å². The first-order valence-corrected chi connectivity index (χ1v) is 12.4. The van der Waals surface area contributed by atoms with Gasteiger partial charge in [-0.25, -0.2) is 0 Å². The van der Waals surface area contributed by atoms with Crippen molar-refractivity contribution in [3.8, 4) is 5.75 Å². The van der Waals surface area contributed by atoms with E-state index < -0.39 is 0 Å². The van der Waals surface area contributed by atoms with E-state index in [1.807, 2.05) is 53.8 Å². The molecule has 7 nitrogen and oxygen atoms in total. The number of ether oxygens (including phenoxy) is 1. The number of amides is 1. The van der Waals surface area contributed by atoms with Gasteiger partial charge in [-0.1, -0.05) is 49.0 Å². The number of hydrogen-bond acceptors (Lipinski definition) is 6. The average molecular weight is 466 g/mol. The summed E-state index contributed by atoms with van der Waals surface area (Å²) in [6.45, 7) is 7.27. The third-order valence-corrected chi connectivity index (χ3v) is 6.96. The largest absolute Gasteiger partial charge is 0.483 e. The van der Waals surface area contributed by atoms with Gasteiger partial charge >= 0.3 is 0 Å². The van der Waals surface area contributed by atoms with E-state index >= 15 is 0 Å². The zero-order valence-corrected chi connectivity index (χ0v) is 20.3. The number of thioether (sulfide) groups is 1. The molecule has 4 rings (SSSR count). The van der Waals surface area contributed by atoms with Gasteiger partial charge in [-0.3, -0.25) is 4.79 Å². The molecule has 1 saturated heterocycles. The molecule has 0 radical (unpaired) electrons. The molecule has 0 unspecified atom stereocenters.